The lowest BCUT2D eigenvalue weighted by molar-refractivity contribution is -0.144. The van der Waals surface area contributed by atoms with Gasteiger partial charge in [-0.1, -0.05) is 0 Å². The first-order chi connectivity index (χ1) is 18.5. The van der Waals surface area contributed by atoms with Crippen molar-refractivity contribution in [3.05, 3.63) is 0 Å². The second kappa shape index (κ2) is 27.5. The first kappa shape index (κ1) is 46.8. The summed E-state index contributed by atoms with van der Waals surface area (Å²) < 4.78 is 0. The number of carboxylic acid groups (broad SMARTS) is 7. The van der Waals surface area contributed by atoms with Gasteiger partial charge in [0.2, 0.25) is 0 Å². The van der Waals surface area contributed by atoms with Crippen molar-refractivity contribution in [1.82, 2.24) is 0 Å². The van der Waals surface area contributed by atoms with Crippen LogP contribution in [0.15, 0.2) is 0 Å². The summed E-state index contributed by atoms with van der Waals surface area (Å²) >= 11 is 0. The Morgan fingerprint density at radius 2 is 0.854 bits per heavy atom. The number of carbonyl (C=O) groups is 7. The normalized spacial score (nSPS) is 13.8. The van der Waals surface area contributed by atoms with E-state index in [2.05, 4.69) is 0 Å². The highest BCUT2D eigenvalue weighted by Gasteiger charge is 2.16. The summed E-state index contributed by atoms with van der Waals surface area (Å²) in [5.41, 5.74) is 24.3. The van der Waals surface area contributed by atoms with Crippen LogP contribution in [-0.4, -0.2) is 142 Å². The molecule has 22 nitrogen and oxygen atoms in total. The van der Waals surface area contributed by atoms with Gasteiger partial charge in [-0.05, 0) is 13.3 Å². The van der Waals surface area contributed by atoms with Gasteiger partial charge in [0.1, 0.15) is 30.2 Å². The van der Waals surface area contributed by atoms with Crippen molar-refractivity contribution in [1.29, 1.82) is 0 Å². The number of hydrogen-bond donors (Lipinski definition) is 15. The maximum atomic E-state index is 9.99. The maximum absolute atomic E-state index is 9.99. The highest BCUT2D eigenvalue weighted by atomic mass is 16.4. The maximum Gasteiger partial charge on any atom is 0.323 e. The van der Waals surface area contributed by atoms with Crippen molar-refractivity contribution in [3.8, 4) is 0 Å². The van der Waals surface area contributed by atoms with Gasteiger partial charge >= 0.3 is 41.8 Å². The molecule has 0 bridgehead atoms. The van der Waals surface area contributed by atoms with E-state index in [1.54, 1.807) is 0 Å². The third-order valence-corrected chi connectivity index (χ3v) is 3.53. The molecule has 0 spiro atoms. The lowest BCUT2D eigenvalue weighted by Crippen LogP contribution is -2.39. The predicted molar refractivity (Wildman–Crippen MR) is 133 cm³/mol. The summed E-state index contributed by atoms with van der Waals surface area (Å²) in [5.74, 6) is -8.23. The number of aliphatic hydroxyl groups excluding tert-OH is 3. The fraction of sp³-hybridized carbons (Fsp3) is 0.632. The van der Waals surface area contributed by atoms with Gasteiger partial charge in [-0.25, -0.2) is 0 Å². The van der Waals surface area contributed by atoms with Crippen molar-refractivity contribution >= 4 is 41.8 Å². The fourth-order valence-corrected chi connectivity index (χ4v) is 1.04. The van der Waals surface area contributed by atoms with Gasteiger partial charge in [0.25, 0.3) is 0 Å². The minimum Gasteiger partial charge on any atom is -0.481 e. The van der Waals surface area contributed by atoms with Crippen LogP contribution in [-0.2, 0) is 33.6 Å². The van der Waals surface area contributed by atoms with Crippen molar-refractivity contribution in [2.75, 3.05) is 13.2 Å². The number of aliphatic hydroxyl groups is 3. The van der Waals surface area contributed by atoms with Crippen LogP contribution in [0.1, 0.15) is 26.2 Å². The number of nitrogens with two attached hydrogens (primary N) is 5. The molecular weight excluding hydrogens is 570 g/mol. The first-order valence-corrected chi connectivity index (χ1v) is 10.7. The van der Waals surface area contributed by atoms with Gasteiger partial charge in [-0.3, -0.25) is 33.6 Å². The summed E-state index contributed by atoms with van der Waals surface area (Å²) in [6.45, 7) is 0.323. The fourth-order valence-electron chi connectivity index (χ4n) is 1.04. The lowest BCUT2D eigenvalue weighted by Gasteiger charge is -2.06. The Morgan fingerprint density at radius 3 is 0.951 bits per heavy atom. The molecule has 0 aliphatic heterocycles. The molecule has 0 amide bonds. The molecule has 41 heavy (non-hydrogen) atoms. The Morgan fingerprint density at radius 1 is 0.537 bits per heavy atom. The molecule has 6 atom stereocenters. The molecular formula is C19H39N5O17. The Labute approximate surface area is 231 Å². The Bertz CT molecular complexity index is 791. The molecule has 242 valence electrons. The van der Waals surface area contributed by atoms with Gasteiger partial charge in [-0.15, -0.1) is 0 Å². The van der Waals surface area contributed by atoms with E-state index in [4.69, 9.17) is 79.7 Å². The number of hydrogen-bond acceptors (Lipinski definition) is 15. The molecule has 0 rings (SSSR count). The summed E-state index contributed by atoms with van der Waals surface area (Å²) in [6, 6.07) is -5.76. The third-order valence-electron chi connectivity index (χ3n) is 3.53. The number of rotatable bonds is 13. The van der Waals surface area contributed by atoms with E-state index >= 15 is 0 Å². The highest BCUT2D eigenvalue weighted by molar-refractivity contribution is 5.80. The van der Waals surface area contributed by atoms with Crippen LogP contribution in [0.3, 0.4) is 0 Å². The quantitative estimate of drug-likeness (QED) is 0.0922. The number of aliphatic carboxylic acids is 7. The van der Waals surface area contributed by atoms with E-state index in [-0.39, 0.29) is 12.8 Å². The average molecular weight is 610 g/mol. The Balaban J connectivity index is -0.000000133. The first-order valence-electron chi connectivity index (χ1n) is 10.7. The number of carboxylic acids is 7. The van der Waals surface area contributed by atoms with Gasteiger partial charge in [-0.2, -0.15) is 0 Å². The van der Waals surface area contributed by atoms with Crippen LogP contribution < -0.4 is 28.7 Å². The minimum absolute atomic E-state index is 0.0231. The van der Waals surface area contributed by atoms with Crippen molar-refractivity contribution < 1.29 is 84.6 Å². The van der Waals surface area contributed by atoms with E-state index in [1.165, 1.54) is 6.92 Å². The van der Waals surface area contributed by atoms with Gasteiger partial charge in [0, 0.05) is 6.42 Å². The van der Waals surface area contributed by atoms with E-state index in [0.29, 0.717) is 0 Å². The summed E-state index contributed by atoms with van der Waals surface area (Å²) in [4.78, 5) is 68.6. The molecule has 0 aliphatic carbocycles. The van der Waals surface area contributed by atoms with Gasteiger partial charge in [0.05, 0.1) is 25.7 Å². The zero-order chi connectivity index (χ0) is 34.0. The van der Waals surface area contributed by atoms with Crippen LogP contribution in [0.5, 0.6) is 0 Å². The van der Waals surface area contributed by atoms with Crippen LogP contribution >= 0.6 is 0 Å². The SMILES string of the molecule is CC(O)C(N)C(=O)O.NC(CC(=O)O)C(=O)O.NC(CCC(=O)O)C(=O)O.NC(CO)C(=O)O.NC(CO)C(=O)O. The van der Waals surface area contributed by atoms with Crippen molar-refractivity contribution in [3.63, 3.8) is 0 Å². The largest absolute Gasteiger partial charge is 0.481 e. The Kier molecular flexibility index (Phi) is 31.4. The van der Waals surface area contributed by atoms with E-state index < -0.39 is 97.7 Å². The van der Waals surface area contributed by atoms with Gasteiger partial charge < -0.3 is 79.7 Å². The molecule has 0 aliphatic rings. The molecule has 6 unspecified atom stereocenters. The van der Waals surface area contributed by atoms with Gasteiger partial charge in [0.15, 0.2) is 0 Å². The third kappa shape index (κ3) is 38.2. The van der Waals surface area contributed by atoms with Crippen LogP contribution in [0.4, 0.5) is 0 Å². The molecule has 22 heteroatoms. The minimum atomic E-state index is -1.29. The van der Waals surface area contributed by atoms with Crippen molar-refractivity contribution in [2.45, 2.75) is 62.5 Å². The second-order valence-corrected chi connectivity index (χ2v) is 7.28. The topological polar surface area (TPSA) is 452 Å². The molecule has 0 fully saturated rings. The zero-order valence-electron chi connectivity index (χ0n) is 21.7. The standard InChI is InChI=1S/C5H9NO4.C4H7NO4.C4H9NO3.2C3H7NO3/c6-3(5(9)10)1-2-4(7)8;5-2(4(8)9)1-3(6)7;1-2(6)3(5)4(7)8;2*4-2(1-5)3(6)7/h3H,1-2,6H2,(H,7,8)(H,9,10);2H,1,5H2,(H,6,7)(H,8,9);2-3,6H,5H2,1H3,(H,7,8);2*2,5H,1,4H2,(H,6,7). The van der Waals surface area contributed by atoms with E-state index in [0.717, 1.165) is 0 Å². The van der Waals surface area contributed by atoms with Crippen LogP contribution in [0.25, 0.3) is 0 Å². The molecule has 0 aromatic heterocycles. The van der Waals surface area contributed by atoms with E-state index in [9.17, 15) is 33.6 Å². The monoisotopic (exact) mass is 609 g/mol. The molecule has 0 aromatic carbocycles. The van der Waals surface area contributed by atoms with Crippen LogP contribution in [0.2, 0.25) is 0 Å². The second-order valence-electron chi connectivity index (χ2n) is 7.28. The lowest BCUT2D eigenvalue weighted by atomic mass is 10.2. The smallest absolute Gasteiger partial charge is 0.323 e. The summed E-state index contributed by atoms with van der Waals surface area (Å²) in [7, 11) is 0. The van der Waals surface area contributed by atoms with Crippen molar-refractivity contribution in [2.24, 2.45) is 28.7 Å². The molecule has 0 heterocycles. The predicted octanol–water partition coefficient (Wildman–Crippen LogP) is -6.30. The summed E-state index contributed by atoms with van der Waals surface area (Å²) in [6.07, 6.45) is -1.74. The summed E-state index contributed by atoms with van der Waals surface area (Å²) in [5, 5.41) is 80.7. The van der Waals surface area contributed by atoms with E-state index in [1.807, 2.05) is 0 Å². The molecule has 0 aromatic rings. The Hall–Kier alpha value is -4.03. The molecule has 20 N–H and O–H groups in total. The average Bonchev–Trinajstić information content (AvgIpc) is 2.86. The zero-order valence-corrected chi connectivity index (χ0v) is 21.7. The molecule has 0 saturated carbocycles. The molecule has 0 radical (unpaired) electrons. The molecule has 0 saturated heterocycles. The van der Waals surface area contributed by atoms with Crippen LogP contribution in [0, 0.1) is 0 Å². The highest BCUT2D eigenvalue weighted by Crippen LogP contribution is 1.93.